The van der Waals surface area contributed by atoms with E-state index >= 15 is 0 Å². The van der Waals surface area contributed by atoms with Crippen LogP contribution in [0.1, 0.15) is 47.6 Å². The highest BCUT2D eigenvalue weighted by molar-refractivity contribution is 6.04. The third-order valence-corrected chi connectivity index (χ3v) is 3.65. The summed E-state index contributed by atoms with van der Waals surface area (Å²) in [5.41, 5.74) is 2.49. The van der Waals surface area contributed by atoms with E-state index in [9.17, 15) is 9.59 Å². The summed E-state index contributed by atoms with van der Waals surface area (Å²) in [5.74, 6) is 0.924. The zero-order valence-electron chi connectivity index (χ0n) is 13.1. The first-order valence-electron chi connectivity index (χ1n) is 7.55. The SMILES string of the molecule is CC(=O)Nc1ccc(NC(=O)c2cnc(C3CC3)nc2C)cc1. The van der Waals surface area contributed by atoms with Crippen LogP contribution in [0.25, 0.3) is 0 Å². The molecule has 0 atom stereocenters. The van der Waals surface area contributed by atoms with E-state index in [2.05, 4.69) is 20.6 Å². The second-order valence-corrected chi connectivity index (χ2v) is 5.71. The molecule has 1 fully saturated rings. The van der Waals surface area contributed by atoms with Crippen LogP contribution >= 0.6 is 0 Å². The molecular formula is C17H18N4O2. The molecule has 0 bridgehead atoms. The van der Waals surface area contributed by atoms with Gasteiger partial charge < -0.3 is 10.6 Å². The Morgan fingerprint density at radius 1 is 1.09 bits per heavy atom. The zero-order chi connectivity index (χ0) is 16.4. The average Bonchev–Trinajstić information content (AvgIpc) is 3.33. The number of hydrogen-bond acceptors (Lipinski definition) is 4. The summed E-state index contributed by atoms with van der Waals surface area (Å²) in [4.78, 5) is 32.0. The predicted octanol–water partition coefficient (Wildman–Crippen LogP) is 2.87. The second kappa shape index (κ2) is 6.16. The molecule has 1 aromatic heterocycles. The molecule has 0 saturated heterocycles. The number of nitrogens with zero attached hydrogens (tertiary/aromatic N) is 2. The van der Waals surface area contributed by atoms with E-state index in [4.69, 9.17) is 0 Å². The number of hydrogen-bond donors (Lipinski definition) is 2. The van der Waals surface area contributed by atoms with Crippen LogP contribution in [0.2, 0.25) is 0 Å². The summed E-state index contributed by atoms with van der Waals surface area (Å²) < 4.78 is 0. The summed E-state index contributed by atoms with van der Waals surface area (Å²) >= 11 is 0. The molecule has 2 aromatic rings. The van der Waals surface area contributed by atoms with Gasteiger partial charge in [-0.3, -0.25) is 9.59 Å². The number of nitrogens with one attached hydrogen (secondary N) is 2. The van der Waals surface area contributed by atoms with E-state index in [0.717, 1.165) is 18.7 Å². The molecule has 6 heteroatoms. The molecule has 1 saturated carbocycles. The van der Waals surface area contributed by atoms with Gasteiger partial charge in [-0.2, -0.15) is 0 Å². The fourth-order valence-corrected chi connectivity index (χ4v) is 2.28. The van der Waals surface area contributed by atoms with Crippen molar-refractivity contribution in [1.82, 2.24) is 9.97 Å². The zero-order valence-corrected chi connectivity index (χ0v) is 13.1. The van der Waals surface area contributed by atoms with Crippen LogP contribution in [0.3, 0.4) is 0 Å². The van der Waals surface area contributed by atoms with Crippen molar-refractivity contribution in [2.24, 2.45) is 0 Å². The molecule has 1 aromatic carbocycles. The number of anilines is 2. The normalized spacial score (nSPS) is 13.5. The Balaban J connectivity index is 1.70. The summed E-state index contributed by atoms with van der Waals surface area (Å²) in [6.45, 7) is 3.27. The first-order valence-corrected chi connectivity index (χ1v) is 7.55. The van der Waals surface area contributed by atoms with Crippen LogP contribution in [0.5, 0.6) is 0 Å². The number of rotatable bonds is 4. The minimum absolute atomic E-state index is 0.134. The maximum atomic E-state index is 12.3. The first kappa shape index (κ1) is 15.1. The van der Waals surface area contributed by atoms with Crippen LogP contribution in [-0.2, 0) is 4.79 Å². The van der Waals surface area contributed by atoms with Crippen molar-refractivity contribution in [3.8, 4) is 0 Å². The molecule has 0 spiro atoms. The fraction of sp³-hybridized carbons (Fsp3) is 0.294. The topological polar surface area (TPSA) is 84.0 Å². The lowest BCUT2D eigenvalue weighted by Crippen LogP contribution is -2.15. The molecule has 0 aliphatic heterocycles. The van der Waals surface area contributed by atoms with Crippen LogP contribution in [0.15, 0.2) is 30.5 Å². The Morgan fingerprint density at radius 2 is 1.70 bits per heavy atom. The molecule has 23 heavy (non-hydrogen) atoms. The Labute approximate surface area is 134 Å². The van der Waals surface area contributed by atoms with Crippen molar-refractivity contribution in [2.45, 2.75) is 32.6 Å². The smallest absolute Gasteiger partial charge is 0.259 e. The van der Waals surface area contributed by atoms with Gasteiger partial charge in [-0.1, -0.05) is 0 Å². The lowest BCUT2D eigenvalue weighted by molar-refractivity contribution is -0.114. The number of benzene rings is 1. The van der Waals surface area contributed by atoms with Gasteiger partial charge >= 0.3 is 0 Å². The molecule has 2 N–H and O–H groups in total. The van der Waals surface area contributed by atoms with E-state index in [1.807, 2.05) is 6.92 Å². The van der Waals surface area contributed by atoms with Gasteiger partial charge in [-0.25, -0.2) is 9.97 Å². The third-order valence-electron chi connectivity index (χ3n) is 3.65. The summed E-state index contributed by atoms with van der Waals surface area (Å²) in [7, 11) is 0. The number of amides is 2. The molecule has 0 unspecified atom stereocenters. The Morgan fingerprint density at radius 3 is 2.22 bits per heavy atom. The van der Waals surface area contributed by atoms with Gasteiger partial charge in [0, 0.05) is 30.4 Å². The van der Waals surface area contributed by atoms with Crippen LogP contribution in [0, 0.1) is 6.92 Å². The quantitative estimate of drug-likeness (QED) is 0.909. The molecule has 3 rings (SSSR count). The van der Waals surface area contributed by atoms with Gasteiger partial charge in [0.25, 0.3) is 5.91 Å². The van der Waals surface area contributed by atoms with Gasteiger partial charge in [-0.15, -0.1) is 0 Å². The molecule has 1 aliphatic carbocycles. The minimum atomic E-state index is -0.239. The second-order valence-electron chi connectivity index (χ2n) is 5.71. The van der Waals surface area contributed by atoms with Gasteiger partial charge in [-0.05, 0) is 44.0 Å². The van der Waals surface area contributed by atoms with Crippen molar-refractivity contribution < 1.29 is 9.59 Å². The van der Waals surface area contributed by atoms with E-state index in [1.54, 1.807) is 30.5 Å². The molecular weight excluding hydrogens is 292 g/mol. The molecule has 1 heterocycles. The Kier molecular flexibility index (Phi) is 4.06. The number of carbonyl (C=O) groups excluding carboxylic acids is 2. The van der Waals surface area contributed by atoms with Crippen molar-refractivity contribution in [1.29, 1.82) is 0 Å². The lowest BCUT2D eigenvalue weighted by Gasteiger charge is -2.09. The van der Waals surface area contributed by atoms with Crippen molar-refractivity contribution >= 4 is 23.2 Å². The lowest BCUT2D eigenvalue weighted by atomic mass is 10.2. The Hall–Kier alpha value is -2.76. The molecule has 6 nitrogen and oxygen atoms in total. The number of aryl methyl sites for hydroxylation is 1. The number of carbonyl (C=O) groups is 2. The van der Waals surface area contributed by atoms with Crippen LogP contribution in [0.4, 0.5) is 11.4 Å². The maximum Gasteiger partial charge on any atom is 0.259 e. The highest BCUT2D eigenvalue weighted by Crippen LogP contribution is 2.37. The molecule has 2 amide bonds. The largest absolute Gasteiger partial charge is 0.326 e. The van der Waals surface area contributed by atoms with E-state index in [0.29, 0.717) is 28.6 Å². The van der Waals surface area contributed by atoms with Gasteiger partial charge in [0.15, 0.2) is 0 Å². The standard InChI is InChI=1S/C17H18N4O2/c1-10-15(9-18-16(19-10)12-3-4-12)17(23)21-14-7-5-13(6-8-14)20-11(2)22/h5-9,12H,3-4H2,1-2H3,(H,20,22)(H,21,23). The summed E-state index contributed by atoms with van der Waals surface area (Å²) in [5, 5.41) is 5.49. The summed E-state index contributed by atoms with van der Waals surface area (Å²) in [6.07, 6.45) is 3.86. The van der Waals surface area contributed by atoms with E-state index < -0.39 is 0 Å². The average molecular weight is 310 g/mol. The van der Waals surface area contributed by atoms with Crippen LogP contribution in [-0.4, -0.2) is 21.8 Å². The highest BCUT2D eigenvalue weighted by Gasteiger charge is 2.27. The molecule has 0 radical (unpaired) electrons. The van der Waals surface area contributed by atoms with Gasteiger partial charge in [0.1, 0.15) is 5.82 Å². The first-order chi connectivity index (χ1) is 11.0. The van der Waals surface area contributed by atoms with E-state index in [1.165, 1.54) is 6.92 Å². The minimum Gasteiger partial charge on any atom is -0.326 e. The maximum absolute atomic E-state index is 12.3. The highest BCUT2D eigenvalue weighted by atomic mass is 16.2. The van der Waals surface area contributed by atoms with E-state index in [-0.39, 0.29) is 11.8 Å². The molecule has 118 valence electrons. The predicted molar refractivity (Wildman–Crippen MR) is 87.4 cm³/mol. The van der Waals surface area contributed by atoms with Gasteiger partial charge in [0.2, 0.25) is 5.91 Å². The fourth-order valence-electron chi connectivity index (χ4n) is 2.28. The Bertz CT molecular complexity index is 752. The molecule has 1 aliphatic rings. The summed E-state index contributed by atoms with van der Waals surface area (Å²) in [6, 6.07) is 6.93. The van der Waals surface area contributed by atoms with Crippen LogP contribution < -0.4 is 10.6 Å². The van der Waals surface area contributed by atoms with Gasteiger partial charge in [0.05, 0.1) is 11.3 Å². The van der Waals surface area contributed by atoms with Crippen molar-refractivity contribution in [2.75, 3.05) is 10.6 Å². The number of aromatic nitrogens is 2. The third kappa shape index (κ3) is 3.71. The van der Waals surface area contributed by atoms with Crippen molar-refractivity contribution in [3.05, 3.63) is 47.5 Å². The van der Waals surface area contributed by atoms with Crippen molar-refractivity contribution in [3.63, 3.8) is 0 Å². The monoisotopic (exact) mass is 310 g/mol.